The number of carbonyl (C=O) groups is 1. The van der Waals surface area contributed by atoms with Crippen molar-refractivity contribution >= 4 is 38.2 Å². The fourth-order valence-corrected chi connectivity index (χ4v) is 3.73. The molecule has 4 rings (SSSR count). The van der Waals surface area contributed by atoms with Gasteiger partial charge in [-0.3, -0.25) is 15.0 Å². The fourth-order valence-electron chi connectivity index (χ4n) is 2.93. The molecule has 0 atom stereocenters. The van der Waals surface area contributed by atoms with Crippen LogP contribution < -0.4 is 11.0 Å². The minimum absolute atomic E-state index is 0.189. The van der Waals surface area contributed by atoms with Gasteiger partial charge in [0.25, 0.3) is 5.56 Å². The molecule has 0 aliphatic heterocycles. The molecule has 2 aromatic heterocycles. The summed E-state index contributed by atoms with van der Waals surface area (Å²) in [5.41, 5.74) is 3.35. The summed E-state index contributed by atoms with van der Waals surface area (Å²) in [5.74, 6) is 0.212. The average molecular weight is 349 g/mol. The first-order chi connectivity index (χ1) is 12.1. The smallest absolute Gasteiger partial charge is 0.273 e. The Morgan fingerprint density at radius 3 is 2.80 bits per heavy atom. The van der Waals surface area contributed by atoms with Gasteiger partial charge in [0.2, 0.25) is 5.91 Å². The van der Waals surface area contributed by atoms with E-state index < -0.39 is 0 Å². The topological polar surface area (TPSA) is 64.0 Å². The zero-order chi connectivity index (χ0) is 17.4. The van der Waals surface area contributed by atoms with Crippen molar-refractivity contribution in [2.75, 3.05) is 5.43 Å². The second-order valence-electron chi connectivity index (χ2n) is 5.79. The number of aryl methyl sites for hydroxylation is 1. The van der Waals surface area contributed by atoms with Crippen LogP contribution in [0.1, 0.15) is 11.4 Å². The molecule has 2 heterocycles. The highest BCUT2D eigenvalue weighted by molar-refractivity contribution is 7.16. The Morgan fingerprint density at radius 2 is 1.92 bits per heavy atom. The van der Waals surface area contributed by atoms with Gasteiger partial charge in [-0.25, -0.2) is 9.66 Å². The second kappa shape index (κ2) is 6.14. The van der Waals surface area contributed by atoms with E-state index >= 15 is 0 Å². The van der Waals surface area contributed by atoms with Crippen molar-refractivity contribution in [3.63, 3.8) is 0 Å². The normalized spacial score (nSPS) is 11.1. The minimum Gasteiger partial charge on any atom is -0.273 e. The average Bonchev–Trinajstić information content (AvgIpc) is 3.07. The Balaban J connectivity index is 1.65. The van der Waals surface area contributed by atoms with Gasteiger partial charge in [0.1, 0.15) is 10.7 Å². The van der Waals surface area contributed by atoms with Crippen LogP contribution in [0.15, 0.2) is 58.7 Å². The quantitative estimate of drug-likeness (QED) is 0.618. The van der Waals surface area contributed by atoms with E-state index in [0.29, 0.717) is 16.0 Å². The Kier molecular flexibility index (Phi) is 3.82. The number of aromatic nitrogens is 2. The van der Waals surface area contributed by atoms with Crippen LogP contribution in [0.3, 0.4) is 0 Å². The molecule has 4 aromatic rings. The Hall–Kier alpha value is -2.99. The van der Waals surface area contributed by atoms with Crippen LogP contribution in [-0.2, 0) is 11.2 Å². The molecule has 124 valence electrons. The summed E-state index contributed by atoms with van der Waals surface area (Å²) in [7, 11) is 0. The number of hydrogen-bond acceptors (Lipinski definition) is 4. The van der Waals surface area contributed by atoms with Crippen molar-refractivity contribution in [3.8, 4) is 0 Å². The van der Waals surface area contributed by atoms with E-state index in [4.69, 9.17) is 0 Å². The van der Waals surface area contributed by atoms with Crippen molar-refractivity contribution in [1.29, 1.82) is 0 Å². The van der Waals surface area contributed by atoms with Gasteiger partial charge in [0.15, 0.2) is 0 Å². The van der Waals surface area contributed by atoms with Gasteiger partial charge in [-0.1, -0.05) is 42.5 Å². The molecule has 6 heteroatoms. The maximum absolute atomic E-state index is 12.5. The van der Waals surface area contributed by atoms with Crippen molar-refractivity contribution < 1.29 is 4.79 Å². The first-order valence-electron chi connectivity index (χ1n) is 7.87. The molecule has 0 fully saturated rings. The van der Waals surface area contributed by atoms with E-state index in [1.807, 2.05) is 47.8 Å². The molecule has 0 unspecified atom stereocenters. The Morgan fingerprint density at radius 1 is 1.12 bits per heavy atom. The van der Waals surface area contributed by atoms with Gasteiger partial charge in [-0.05, 0) is 34.7 Å². The van der Waals surface area contributed by atoms with Crippen molar-refractivity contribution in [3.05, 3.63) is 75.7 Å². The molecular weight excluding hydrogens is 334 g/mol. The van der Waals surface area contributed by atoms with Crippen LogP contribution in [0.2, 0.25) is 0 Å². The van der Waals surface area contributed by atoms with E-state index in [9.17, 15) is 9.59 Å². The van der Waals surface area contributed by atoms with Gasteiger partial charge >= 0.3 is 0 Å². The molecule has 0 saturated carbocycles. The lowest BCUT2D eigenvalue weighted by atomic mass is 10.0. The maximum atomic E-state index is 12.5. The summed E-state index contributed by atoms with van der Waals surface area (Å²) in [4.78, 5) is 30.1. The molecule has 0 bridgehead atoms. The van der Waals surface area contributed by atoms with Crippen LogP contribution in [0.4, 0.5) is 0 Å². The van der Waals surface area contributed by atoms with Gasteiger partial charge in [-0.15, -0.1) is 11.3 Å². The Bertz CT molecular complexity index is 1150. The third-order valence-corrected chi connectivity index (χ3v) is 4.94. The minimum atomic E-state index is -0.255. The lowest BCUT2D eigenvalue weighted by Gasteiger charge is -2.12. The van der Waals surface area contributed by atoms with E-state index in [1.165, 1.54) is 16.0 Å². The molecule has 0 radical (unpaired) electrons. The van der Waals surface area contributed by atoms with Crippen LogP contribution in [0, 0.1) is 6.92 Å². The van der Waals surface area contributed by atoms with Gasteiger partial charge in [0.05, 0.1) is 11.8 Å². The zero-order valence-electron chi connectivity index (χ0n) is 13.5. The Labute approximate surface area is 147 Å². The molecule has 2 aromatic carbocycles. The fraction of sp³-hybridized carbons (Fsp3) is 0.105. The highest BCUT2D eigenvalue weighted by atomic mass is 32.1. The lowest BCUT2D eigenvalue weighted by molar-refractivity contribution is -0.116. The molecule has 0 spiro atoms. The summed E-state index contributed by atoms with van der Waals surface area (Å²) in [6.45, 7) is 1.71. The number of nitrogens with zero attached hydrogens (tertiary/aromatic N) is 2. The zero-order valence-corrected chi connectivity index (χ0v) is 14.3. The third-order valence-electron chi connectivity index (χ3n) is 4.13. The number of carbonyl (C=O) groups excluding carboxylic acids is 1. The molecule has 1 amide bonds. The highest BCUT2D eigenvalue weighted by Gasteiger charge is 2.13. The van der Waals surface area contributed by atoms with E-state index in [0.717, 1.165) is 16.3 Å². The number of rotatable bonds is 3. The van der Waals surface area contributed by atoms with Crippen molar-refractivity contribution in [2.45, 2.75) is 13.3 Å². The number of hydrogen-bond donors (Lipinski definition) is 1. The van der Waals surface area contributed by atoms with Crippen molar-refractivity contribution in [1.82, 2.24) is 9.66 Å². The molecule has 0 aliphatic rings. The largest absolute Gasteiger partial charge is 0.281 e. The van der Waals surface area contributed by atoms with E-state index in [-0.39, 0.29) is 17.9 Å². The standard InChI is InChI=1S/C19H15N3O2S/c1-12-20-18-16(9-10-25-18)19(24)22(12)21-17(23)11-14-7-4-6-13-5-2-3-8-15(13)14/h2-10H,11H2,1H3,(H,21,23). The molecular formula is C19H15N3O2S. The van der Waals surface area contributed by atoms with Crippen LogP contribution >= 0.6 is 11.3 Å². The van der Waals surface area contributed by atoms with Crippen molar-refractivity contribution in [2.24, 2.45) is 0 Å². The summed E-state index contributed by atoms with van der Waals surface area (Å²) in [6.07, 6.45) is 0.189. The van der Waals surface area contributed by atoms with Gasteiger partial charge < -0.3 is 0 Å². The van der Waals surface area contributed by atoms with Crippen LogP contribution in [-0.4, -0.2) is 15.6 Å². The number of thiophene rings is 1. The number of amides is 1. The first kappa shape index (κ1) is 15.5. The molecule has 25 heavy (non-hydrogen) atoms. The lowest BCUT2D eigenvalue weighted by Crippen LogP contribution is -2.36. The number of benzene rings is 2. The second-order valence-corrected chi connectivity index (χ2v) is 6.68. The summed E-state index contributed by atoms with van der Waals surface area (Å²) >= 11 is 1.41. The van der Waals surface area contributed by atoms with E-state index in [2.05, 4.69) is 10.4 Å². The predicted molar refractivity (Wildman–Crippen MR) is 101 cm³/mol. The SMILES string of the molecule is Cc1nc2sccc2c(=O)n1NC(=O)Cc1cccc2ccccc12. The highest BCUT2D eigenvalue weighted by Crippen LogP contribution is 2.19. The molecule has 0 saturated heterocycles. The van der Waals surface area contributed by atoms with E-state index in [1.54, 1.807) is 13.0 Å². The van der Waals surface area contributed by atoms with Gasteiger partial charge in [-0.2, -0.15) is 0 Å². The molecule has 5 nitrogen and oxygen atoms in total. The summed E-state index contributed by atoms with van der Waals surface area (Å²) in [5, 5.41) is 4.46. The predicted octanol–water partition coefficient (Wildman–Crippen LogP) is 3.23. The number of fused-ring (bicyclic) bond motifs is 2. The first-order valence-corrected chi connectivity index (χ1v) is 8.75. The third kappa shape index (κ3) is 2.81. The van der Waals surface area contributed by atoms with Gasteiger partial charge in [0, 0.05) is 0 Å². The number of nitrogens with one attached hydrogen (secondary N) is 1. The van der Waals surface area contributed by atoms with Crippen LogP contribution in [0.5, 0.6) is 0 Å². The molecule has 0 aliphatic carbocycles. The summed E-state index contributed by atoms with van der Waals surface area (Å²) < 4.78 is 1.22. The maximum Gasteiger partial charge on any atom is 0.281 e. The summed E-state index contributed by atoms with van der Waals surface area (Å²) in [6, 6.07) is 15.5. The van der Waals surface area contributed by atoms with Crippen LogP contribution in [0.25, 0.3) is 21.0 Å². The molecule has 1 N–H and O–H groups in total. The monoisotopic (exact) mass is 349 g/mol.